The summed E-state index contributed by atoms with van der Waals surface area (Å²) in [6.07, 6.45) is 1.80. The lowest BCUT2D eigenvalue weighted by Crippen LogP contribution is -2.03. The van der Waals surface area contributed by atoms with E-state index in [9.17, 15) is 4.79 Å². The summed E-state index contributed by atoms with van der Waals surface area (Å²) >= 11 is 0. The van der Waals surface area contributed by atoms with Gasteiger partial charge in [0, 0.05) is 0 Å². The SMILES string of the molecule is C=CC(=C)CC(=O)OCC. The van der Waals surface area contributed by atoms with Crippen LogP contribution in [0.2, 0.25) is 0 Å². The number of carbonyl (C=O) groups excluding carboxylic acids is 1. The third kappa shape index (κ3) is 3.89. The Bertz CT molecular complexity index is 147. The lowest BCUT2D eigenvalue weighted by atomic mass is 10.2. The molecule has 0 rings (SSSR count). The first-order valence-electron chi connectivity index (χ1n) is 3.16. The maximum Gasteiger partial charge on any atom is 0.310 e. The van der Waals surface area contributed by atoms with Crippen LogP contribution in [-0.2, 0) is 9.53 Å². The average Bonchev–Trinajstić information content (AvgIpc) is 1.88. The number of carbonyl (C=O) groups is 1. The highest BCUT2D eigenvalue weighted by Crippen LogP contribution is 1.99. The highest BCUT2D eigenvalue weighted by atomic mass is 16.5. The van der Waals surface area contributed by atoms with Crippen LogP contribution in [0.15, 0.2) is 24.8 Å². The molecule has 0 spiro atoms. The Morgan fingerprint density at radius 3 is 2.70 bits per heavy atom. The zero-order valence-corrected chi connectivity index (χ0v) is 6.22. The summed E-state index contributed by atoms with van der Waals surface area (Å²) in [4.78, 5) is 10.7. The summed E-state index contributed by atoms with van der Waals surface area (Å²) < 4.78 is 4.67. The molecule has 0 aliphatic heterocycles. The number of hydrogen-bond acceptors (Lipinski definition) is 2. The minimum atomic E-state index is -0.243. The van der Waals surface area contributed by atoms with Crippen LogP contribution < -0.4 is 0 Å². The normalized spacial score (nSPS) is 8.50. The van der Waals surface area contributed by atoms with Crippen molar-refractivity contribution in [3.63, 3.8) is 0 Å². The first-order valence-corrected chi connectivity index (χ1v) is 3.16. The molecule has 0 saturated carbocycles. The van der Waals surface area contributed by atoms with Crippen LogP contribution in [-0.4, -0.2) is 12.6 Å². The van der Waals surface area contributed by atoms with Crippen LogP contribution >= 0.6 is 0 Å². The molecule has 0 bridgehead atoms. The molecule has 0 fully saturated rings. The van der Waals surface area contributed by atoms with Crippen molar-refractivity contribution in [2.75, 3.05) is 6.61 Å². The van der Waals surface area contributed by atoms with Crippen molar-refractivity contribution in [2.24, 2.45) is 0 Å². The summed E-state index contributed by atoms with van der Waals surface area (Å²) in [6.45, 7) is 9.24. The van der Waals surface area contributed by atoms with E-state index in [-0.39, 0.29) is 12.4 Å². The van der Waals surface area contributed by atoms with Gasteiger partial charge in [0.25, 0.3) is 0 Å². The molecule has 0 aromatic carbocycles. The second-order valence-corrected chi connectivity index (χ2v) is 1.84. The van der Waals surface area contributed by atoms with Gasteiger partial charge in [0.15, 0.2) is 0 Å². The van der Waals surface area contributed by atoms with E-state index in [1.54, 1.807) is 13.0 Å². The summed E-state index contributed by atoms with van der Waals surface area (Å²) in [5, 5.41) is 0. The topological polar surface area (TPSA) is 26.3 Å². The maximum atomic E-state index is 10.7. The molecule has 0 unspecified atom stereocenters. The Morgan fingerprint density at radius 1 is 1.70 bits per heavy atom. The fraction of sp³-hybridized carbons (Fsp3) is 0.375. The van der Waals surface area contributed by atoms with E-state index in [0.717, 1.165) is 0 Å². The number of hydrogen-bond donors (Lipinski definition) is 0. The molecule has 2 nitrogen and oxygen atoms in total. The van der Waals surface area contributed by atoms with Crippen LogP contribution in [0.25, 0.3) is 0 Å². The van der Waals surface area contributed by atoms with E-state index in [1.807, 2.05) is 0 Å². The smallest absolute Gasteiger partial charge is 0.310 e. The summed E-state index contributed by atoms with van der Waals surface area (Å²) in [5.41, 5.74) is 0.693. The van der Waals surface area contributed by atoms with E-state index >= 15 is 0 Å². The van der Waals surface area contributed by atoms with Crippen molar-refractivity contribution in [2.45, 2.75) is 13.3 Å². The molecule has 0 aromatic heterocycles. The Hall–Kier alpha value is -1.05. The third-order valence-corrected chi connectivity index (χ3v) is 0.965. The fourth-order valence-corrected chi connectivity index (χ4v) is 0.470. The molecule has 0 aliphatic rings. The van der Waals surface area contributed by atoms with Crippen LogP contribution in [0.3, 0.4) is 0 Å². The predicted molar refractivity (Wildman–Crippen MR) is 40.6 cm³/mol. The minimum absolute atomic E-state index is 0.243. The number of esters is 1. The standard InChI is InChI=1S/C8H12O2/c1-4-7(3)6-8(9)10-5-2/h4H,1,3,5-6H2,2H3. The Labute approximate surface area is 61.2 Å². The van der Waals surface area contributed by atoms with E-state index in [0.29, 0.717) is 12.2 Å². The number of ether oxygens (including phenoxy) is 1. The van der Waals surface area contributed by atoms with Gasteiger partial charge < -0.3 is 4.74 Å². The molecule has 0 radical (unpaired) electrons. The van der Waals surface area contributed by atoms with Gasteiger partial charge in [-0.05, 0) is 12.5 Å². The molecule has 2 heteroatoms. The molecule has 0 heterocycles. The van der Waals surface area contributed by atoms with Crippen molar-refractivity contribution >= 4 is 5.97 Å². The molecule has 0 atom stereocenters. The zero-order chi connectivity index (χ0) is 7.98. The number of allylic oxidation sites excluding steroid dienone is 1. The lowest BCUT2D eigenvalue weighted by molar-refractivity contribution is -0.142. The van der Waals surface area contributed by atoms with Gasteiger partial charge in [-0.15, -0.1) is 0 Å². The average molecular weight is 140 g/mol. The molecule has 56 valence electrons. The third-order valence-electron chi connectivity index (χ3n) is 0.965. The van der Waals surface area contributed by atoms with Crippen molar-refractivity contribution < 1.29 is 9.53 Å². The molecule has 0 aromatic rings. The molecule has 0 amide bonds. The van der Waals surface area contributed by atoms with Gasteiger partial charge in [0.1, 0.15) is 0 Å². The zero-order valence-electron chi connectivity index (χ0n) is 6.22. The highest BCUT2D eigenvalue weighted by molar-refractivity contribution is 5.72. The van der Waals surface area contributed by atoms with Crippen LogP contribution in [0.4, 0.5) is 0 Å². The van der Waals surface area contributed by atoms with Gasteiger partial charge in [0.05, 0.1) is 13.0 Å². The summed E-state index contributed by atoms with van der Waals surface area (Å²) in [7, 11) is 0. The fourth-order valence-electron chi connectivity index (χ4n) is 0.470. The second kappa shape index (κ2) is 4.79. The highest BCUT2D eigenvalue weighted by Gasteiger charge is 2.00. The lowest BCUT2D eigenvalue weighted by Gasteiger charge is -1.99. The first-order chi connectivity index (χ1) is 4.70. The van der Waals surface area contributed by atoms with Gasteiger partial charge in [-0.1, -0.05) is 19.2 Å². The summed E-state index contributed by atoms with van der Waals surface area (Å²) in [5.74, 6) is -0.243. The first kappa shape index (κ1) is 8.95. The molecular weight excluding hydrogens is 128 g/mol. The molecule has 10 heavy (non-hydrogen) atoms. The Kier molecular flexibility index (Phi) is 4.29. The minimum Gasteiger partial charge on any atom is -0.466 e. The Morgan fingerprint density at radius 2 is 2.30 bits per heavy atom. The van der Waals surface area contributed by atoms with Gasteiger partial charge in [0.2, 0.25) is 0 Å². The monoisotopic (exact) mass is 140 g/mol. The molecule has 0 N–H and O–H groups in total. The van der Waals surface area contributed by atoms with Crippen molar-refractivity contribution in [1.29, 1.82) is 0 Å². The van der Waals surface area contributed by atoms with E-state index in [2.05, 4.69) is 17.9 Å². The molecule has 0 saturated heterocycles. The van der Waals surface area contributed by atoms with Crippen molar-refractivity contribution in [3.05, 3.63) is 24.8 Å². The number of rotatable bonds is 4. The Balaban J connectivity index is 3.57. The van der Waals surface area contributed by atoms with Gasteiger partial charge in [-0.3, -0.25) is 4.79 Å². The quantitative estimate of drug-likeness (QED) is 0.438. The van der Waals surface area contributed by atoms with Crippen LogP contribution in [0.1, 0.15) is 13.3 Å². The summed E-state index contributed by atoms with van der Waals surface area (Å²) in [6, 6.07) is 0. The van der Waals surface area contributed by atoms with E-state index < -0.39 is 0 Å². The van der Waals surface area contributed by atoms with Crippen molar-refractivity contribution in [3.8, 4) is 0 Å². The van der Waals surface area contributed by atoms with Crippen LogP contribution in [0.5, 0.6) is 0 Å². The van der Waals surface area contributed by atoms with Gasteiger partial charge in [-0.2, -0.15) is 0 Å². The van der Waals surface area contributed by atoms with E-state index in [1.165, 1.54) is 0 Å². The molecular formula is C8H12O2. The predicted octanol–water partition coefficient (Wildman–Crippen LogP) is 1.68. The van der Waals surface area contributed by atoms with Gasteiger partial charge in [-0.25, -0.2) is 0 Å². The maximum absolute atomic E-state index is 10.7. The molecule has 0 aliphatic carbocycles. The van der Waals surface area contributed by atoms with Crippen LogP contribution in [0, 0.1) is 0 Å². The van der Waals surface area contributed by atoms with E-state index in [4.69, 9.17) is 0 Å². The second-order valence-electron chi connectivity index (χ2n) is 1.84. The van der Waals surface area contributed by atoms with Gasteiger partial charge >= 0.3 is 5.97 Å². The van der Waals surface area contributed by atoms with Crippen molar-refractivity contribution in [1.82, 2.24) is 0 Å². The largest absolute Gasteiger partial charge is 0.466 e.